The van der Waals surface area contributed by atoms with Crippen molar-refractivity contribution >= 4 is 28.6 Å². The predicted octanol–water partition coefficient (Wildman–Crippen LogP) is 1.39. The van der Waals surface area contributed by atoms with Crippen LogP contribution in [0.4, 0.5) is 11.6 Å². The first-order chi connectivity index (χ1) is 9.26. The Morgan fingerprint density at radius 1 is 1.42 bits per heavy atom. The Morgan fingerprint density at radius 2 is 2.32 bits per heavy atom. The molecule has 0 spiro atoms. The lowest BCUT2D eigenvalue weighted by Crippen LogP contribution is -2.12. The second-order valence-corrected chi connectivity index (χ2v) is 5.31. The Morgan fingerprint density at radius 3 is 3.05 bits per heavy atom. The molecule has 0 amide bonds. The van der Waals surface area contributed by atoms with E-state index < -0.39 is 0 Å². The van der Waals surface area contributed by atoms with Gasteiger partial charge in [0.15, 0.2) is 17.3 Å². The molecule has 0 bridgehead atoms. The van der Waals surface area contributed by atoms with Crippen molar-refractivity contribution in [3.63, 3.8) is 0 Å². The van der Waals surface area contributed by atoms with Crippen LogP contribution in [0.3, 0.4) is 0 Å². The Bertz CT molecular complexity index is 702. The van der Waals surface area contributed by atoms with Crippen LogP contribution in [-0.4, -0.2) is 19.4 Å². The summed E-state index contributed by atoms with van der Waals surface area (Å²) in [6.45, 7) is 2.65. The van der Waals surface area contributed by atoms with E-state index in [0.29, 0.717) is 18.2 Å². The van der Waals surface area contributed by atoms with Crippen LogP contribution in [-0.2, 0) is 6.54 Å². The first kappa shape index (κ1) is 11.9. The van der Waals surface area contributed by atoms with Gasteiger partial charge in [-0.15, -0.1) is 11.3 Å². The third-order valence-electron chi connectivity index (χ3n) is 2.60. The summed E-state index contributed by atoms with van der Waals surface area (Å²) >= 11 is 1.66. The molecule has 7 nitrogen and oxygen atoms in total. The average molecular weight is 275 g/mol. The summed E-state index contributed by atoms with van der Waals surface area (Å²) in [5.41, 5.74) is 3.30. The molecule has 98 valence electrons. The first-order valence-electron chi connectivity index (χ1n) is 5.72. The van der Waals surface area contributed by atoms with Gasteiger partial charge in [-0.25, -0.2) is 20.8 Å². The lowest BCUT2D eigenvalue weighted by Gasteiger charge is -2.08. The summed E-state index contributed by atoms with van der Waals surface area (Å²) in [4.78, 5) is 14.1. The molecule has 0 fully saturated rings. The largest absolute Gasteiger partial charge is 0.360 e. The van der Waals surface area contributed by atoms with E-state index in [9.17, 15) is 0 Å². The van der Waals surface area contributed by atoms with Crippen molar-refractivity contribution in [3.8, 4) is 0 Å². The number of hydrazine groups is 1. The summed E-state index contributed by atoms with van der Waals surface area (Å²) in [6.07, 6.45) is 7.20. The molecule has 3 aromatic heterocycles. The van der Waals surface area contributed by atoms with Gasteiger partial charge in [0.1, 0.15) is 5.01 Å². The van der Waals surface area contributed by atoms with Gasteiger partial charge in [0, 0.05) is 23.5 Å². The van der Waals surface area contributed by atoms with Crippen LogP contribution < -0.4 is 16.6 Å². The molecule has 3 heterocycles. The van der Waals surface area contributed by atoms with E-state index in [2.05, 4.69) is 25.7 Å². The van der Waals surface area contributed by atoms with Crippen molar-refractivity contribution in [1.29, 1.82) is 0 Å². The van der Waals surface area contributed by atoms with Crippen LogP contribution in [0.15, 0.2) is 24.8 Å². The lowest BCUT2D eigenvalue weighted by molar-refractivity contribution is 1.05. The van der Waals surface area contributed by atoms with E-state index in [1.165, 1.54) is 4.88 Å². The summed E-state index contributed by atoms with van der Waals surface area (Å²) in [5, 5.41) is 4.25. The van der Waals surface area contributed by atoms with Gasteiger partial charge in [0.05, 0.1) is 12.7 Å². The topological polar surface area (TPSA) is 93.2 Å². The van der Waals surface area contributed by atoms with Gasteiger partial charge in [0.25, 0.3) is 0 Å². The summed E-state index contributed by atoms with van der Waals surface area (Å²) < 4.78 is 1.86. The number of nitrogen functional groups attached to an aromatic ring is 1. The molecule has 0 aliphatic rings. The number of rotatable bonds is 4. The SMILES string of the molecule is Cc1cnc(CNc2nc(NN)cn3ccnc23)s1. The smallest absolute Gasteiger partial charge is 0.180 e. The summed E-state index contributed by atoms with van der Waals surface area (Å²) in [7, 11) is 0. The maximum atomic E-state index is 5.40. The highest BCUT2D eigenvalue weighted by Crippen LogP contribution is 2.18. The maximum absolute atomic E-state index is 5.40. The fourth-order valence-electron chi connectivity index (χ4n) is 1.76. The molecule has 3 rings (SSSR count). The maximum Gasteiger partial charge on any atom is 0.180 e. The lowest BCUT2D eigenvalue weighted by atomic mass is 10.5. The molecule has 3 aromatic rings. The molecule has 19 heavy (non-hydrogen) atoms. The molecule has 0 saturated heterocycles. The quantitative estimate of drug-likeness (QED) is 0.492. The van der Waals surface area contributed by atoms with Gasteiger partial charge < -0.3 is 15.1 Å². The number of hydrogen-bond donors (Lipinski definition) is 3. The number of anilines is 2. The van der Waals surface area contributed by atoms with Crippen LogP contribution >= 0.6 is 11.3 Å². The minimum absolute atomic E-state index is 0.573. The third-order valence-corrected chi connectivity index (χ3v) is 3.51. The molecule has 0 aromatic carbocycles. The molecule has 0 radical (unpaired) electrons. The van der Waals surface area contributed by atoms with E-state index >= 15 is 0 Å². The molecule has 0 atom stereocenters. The van der Waals surface area contributed by atoms with E-state index in [0.717, 1.165) is 10.7 Å². The number of nitrogens with two attached hydrogens (primary N) is 1. The monoisotopic (exact) mass is 275 g/mol. The molecule has 8 heteroatoms. The molecular formula is C11H13N7S. The highest BCUT2D eigenvalue weighted by atomic mass is 32.1. The molecule has 4 N–H and O–H groups in total. The predicted molar refractivity (Wildman–Crippen MR) is 75.0 cm³/mol. The number of thiazole rings is 1. The van der Waals surface area contributed by atoms with Crippen LogP contribution in [0.5, 0.6) is 0 Å². The van der Waals surface area contributed by atoms with Crippen molar-refractivity contribution < 1.29 is 0 Å². The molecule has 0 aliphatic heterocycles. The third kappa shape index (κ3) is 2.35. The standard InChI is InChI=1S/C11H13N7S/c1-7-4-14-9(19-7)5-15-10-11-13-2-3-18(11)6-8(16-10)17-12/h2-4,6,17H,5,12H2,1H3,(H,15,16). The number of aryl methyl sites for hydroxylation is 1. The number of fused-ring (bicyclic) bond motifs is 1. The van der Waals surface area contributed by atoms with Crippen LogP contribution in [0.2, 0.25) is 0 Å². The Balaban J connectivity index is 1.88. The second-order valence-electron chi connectivity index (χ2n) is 4.00. The molecular weight excluding hydrogens is 262 g/mol. The number of aromatic nitrogens is 4. The van der Waals surface area contributed by atoms with Crippen molar-refractivity contribution in [2.45, 2.75) is 13.5 Å². The molecule has 0 unspecified atom stereocenters. The Labute approximate surface area is 113 Å². The van der Waals surface area contributed by atoms with E-state index in [-0.39, 0.29) is 0 Å². The van der Waals surface area contributed by atoms with Crippen molar-refractivity contribution in [2.24, 2.45) is 5.84 Å². The fourth-order valence-corrected chi connectivity index (χ4v) is 2.49. The zero-order chi connectivity index (χ0) is 13.2. The Kier molecular flexibility index (Phi) is 3.02. The van der Waals surface area contributed by atoms with Gasteiger partial charge in [-0.05, 0) is 6.92 Å². The van der Waals surface area contributed by atoms with Gasteiger partial charge in [0.2, 0.25) is 0 Å². The minimum atomic E-state index is 0.573. The van der Waals surface area contributed by atoms with Crippen molar-refractivity contribution in [2.75, 3.05) is 10.7 Å². The minimum Gasteiger partial charge on any atom is -0.360 e. The number of nitrogens with zero attached hydrogens (tertiary/aromatic N) is 4. The number of imidazole rings is 1. The first-order valence-corrected chi connectivity index (χ1v) is 6.53. The summed E-state index contributed by atoms with van der Waals surface area (Å²) in [5.74, 6) is 6.65. The Hall–Kier alpha value is -2.19. The van der Waals surface area contributed by atoms with E-state index in [4.69, 9.17) is 5.84 Å². The summed E-state index contributed by atoms with van der Waals surface area (Å²) in [6, 6.07) is 0. The average Bonchev–Trinajstić information content (AvgIpc) is 3.04. The zero-order valence-electron chi connectivity index (χ0n) is 10.3. The van der Waals surface area contributed by atoms with Crippen molar-refractivity contribution in [1.82, 2.24) is 19.4 Å². The van der Waals surface area contributed by atoms with Gasteiger partial charge in [-0.2, -0.15) is 0 Å². The van der Waals surface area contributed by atoms with E-state index in [1.54, 1.807) is 23.7 Å². The van der Waals surface area contributed by atoms with Gasteiger partial charge >= 0.3 is 0 Å². The number of nitrogens with one attached hydrogen (secondary N) is 2. The second kappa shape index (κ2) is 4.82. The number of hydrogen-bond acceptors (Lipinski definition) is 7. The molecule has 0 saturated carbocycles. The van der Waals surface area contributed by atoms with Gasteiger partial charge in [-0.1, -0.05) is 0 Å². The zero-order valence-corrected chi connectivity index (χ0v) is 11.1. The normalized spacial score (nSPS) is 10.8. The van der Waals surface area contributed by atoms with E-state index in [1.807, 2.05) is 23.7 Å². The van der Waals surface area contributed by atoms with Crippen LogP contribution in [0.25, 0.3) is 5.65 Å². The van der Waals surface area contributed by atoms with Gasteiger partial charge in [-0.3, -0.25) is 0 Å². The highest BCUT2D eigenvalue weighted by molar-refractivity contribution is 7.11. The molecule has 0 aliphatic carbocycles. The van der Waals surface area contributed by atoms with Crippen LogP contribution in [0.1, 0.15) is 9.88 Å². The van der Waals surface area contributed by atoms with Crippen molar-refractivity contribution in [3.05, 3.63) is 34.7 Å². The fraction of sp³-hybridized carbons (Fsp3) is 0.182. The van der Waals surface area contributed by atoms with Crippen LogP contribution in [0, 0.1) is 6.92 Å². The highest BCUT2D eigenvalue weighted by Gasteiger charge is 2.07.